The Hall–Kier alpha value is -2.62. The van der Waals surface area contributed by atoms with Crippen molar-refractivity contribution < 1.29 is 22.8 Å². The van der Waals surface area contributed by atoms with Gasteiger partial charge in [-0.1, -0.05) is 31.9 Å². The first-order valence-corrected chi connectivity index (χ1v) is 12.2. The standard InChI is InChI=1S/C21H30N4O5S/c1-15-11-13-25(19(26)14-15)21(28)22-12-10-16-6-8-18(9-7-16)31(29,30)24-20(27)23-17-4-2-3-5-17/h6-9,15,17H,2-5,10-14H2,1H3,(H,22,28)(H2,23,24,27). The third-order valence-electron chi connectivity index (χ3n) is 5.76. The van der Waals surface area contributed by atoms with Crippen molar-refractivity contribution in [3.63, 3.8) is 0 Å². The number of likely N-dealkylation sites (tertiary alicyclic amines) is 1. The Morgan fingerprint density at radius 2 is 1.77 bits per heavy atom. The van der Waals surface area contributed by atoms with Gasteiger partial charge < -0.3 is 10.6 Å². The number of nitrogens with zero attached hydrogens (tertiary/aromatic N) is 1. The average molecular weight is 451 g/mol. The molecule has 1 saturated heterocycles. The molecule has 1 aliphatic carbocycles. The summed E-state index contributed by atoms with van der Waals surface area (Å²) in [4.78, 5) is 37.3. The first-order valence-electron chi connectivity index (χ1n) is 10.7. The highest BCUT2D eigenvalue weighted by Gasteiger charge is 2.27. The van der Waals surface area contributed by atoms with Crippen LogP contribution in [0.1, 0.15) is 51.0 Å². The highest BCUT2D eigenvalue weighted by atomic mass is 32.2. The Morgan fingerprint density at radius 3 is 2.42 bits per heavy atom. The van der Waals surface area contributed by atoms with E-state index >= 15 is 0 Å². The monoisotopic (exact) mass is 450 g/mol. The summed E-state index contributed by atoms with van der Waals surface area (Å²) in [7, 11) is -3.95. The number of carbonyl (C=O) groups excluding carboxylic acids is 3. The first kappa shape index (κ1) is 23.1. The molecule has 1 unspecified atom stereocenters. The van der Waals surface area contributed by atoms with Crippen LogP contribution in [0.2, 0.25) is 0 Å². The zero-order chi connectivity index (χ0) is 22.4. The summed E-state index contributed by atoms with van der Waals surface area (Å²) >= 11 is 0. The predicted molar refractivity (Wildman–Crippen MR) is 115 cm³/mol. The molecule has 1 aliphatic heterocycles. The predicted octanol–water partition coefficient (Wildman–Crippen LogP) is 2.13. The SMILES string of the molecule is CC1CCN(C(=O)NCCc2ccc(S(=O)(=O)NC(=O)NC3CCCC3)cc2)C(=O)C1. The molecule has 10 heteroatoms. The van der Waals surface area contributed by atoms with Crippen molar-refractivity contribution in [3.8, 4) is 0 Å². The van der Waals surface area contributed by atoms with Gasteiger partial charge in [0.15, 0.2) is 0 Å². The molecule has 3 rings (SSSR count). The molecule has 1 atom stereocenters. The molecule has 170 valence electrons. The van der Waals surface area contributed by atoms with Gasteiger partial charge in [0.25, 0.3) is 10.0 Å². The summed E-state index contributed by atoms with van der Waals surface area (Å²) < 4.78 is 26.8. The van der Waals surface area contributed by atoms with Gasteiger partial charge in [0.2, 0.25) is 5.91 Å². The topological polar surface area (TPSA) is 125 Å². The van der Waals surface area contributed by atoms with Crippen molar-refractivity contribution in [2.75, 3.05) is 13.1 Å². The van der Waals surface area contributed by atoms with Crippen LogP contribution in [0.25, 0.3) is 0 Å². The molecule has 1 saturated carbocycles. The van der Waals surface area contributed by atoms with Crippen LogP contribution in [0, 0.1) is 5.92 Å². The summed E-state index contributed by atoms with van der Waals surface area (Å²) in [5.41, 5.74) is 0.827. The number of hydrogen-bond acceptors (Lipinski definition) is 5. The van der Waals surface area contributed by atoms with Crippen molar-refractivity contribution in [1.29, 1.82) is 0 Å². The van der Waals surface area contributed by atoms with Gasteiger partial charge in [0.1, 0.15) is 0 Å². The molecule has 0 radical (unpaired) electrons. The summed E-state index contributed by atoms with van der Waals surface area (Å²) in [6.07, 6.45) is 5.48. The molecule has 5 amide bonds. The average Bonchev–Trinajstić information content (AvgIpc) is 3.20. The number of carbonyl (C=O) groups is 3. The molecule has 0 bridgehead atoms. The van der Waals surface area contributed by atoms with E-state index in [2.05, 4.69) is 10.6 Å². The molecule has 1 aromatic rings. The number of benzene rings is 1. The zero-order valence-corrected chi connectivity index (χ0v) is 18.5. The van der Waals surface area contributed by atoms with Crippen molar-refractivity contribution in [2.45, 2.75) is 62.8 Å². The second-order valence-corrected chi connectivity index (χ2v) is 10.0. The number of amides is 5. The second kappa shape index (κ2) is 10.1. The number of hydrogen-bond donors (Lipinski definition) is 3. The molecule has 1 aromatic carbocycles. The molecule has 31 heavy (non-hydrogen) atoms. The maximum absolute atomic E-state index is 12.4. The maximum Gasteiger partial charge on any atom is 0.328 e. The van der Waals surface area contributed by atoms with Gasteiger partial charge in [0, 0.05) is 25.6 Å². The maximum atomic E-state index is 12.4. The minimum Gasteiger partial charge on any atom is -0.337 e. The summed E-state index contributed by atoms with van der Waals surface area (Å²) in [5, 5.41) is 5.42. The van der Waals surface area contributed by atoms with E-state index in [9.17, 15) is 22.8 Å². The lowest BCUT2D eigenvalue weighted by Crippen LogP contribution is -2.48. The van der Waals surface area contributed by atoms with Gasteiger partial charge in [0.05, 0.1) is 4.90 Å². The lowest BCUT2D eigenvalue weighted by molar-refractivity contribution is -0.131. The van der Waals surface area contributed by atoms with E-state index in [-0.39, 0.29) is 16.8 Å². The van der Waals surface area contributed by atoms with Gasteiger partial charge in [-0.2, -0.15) is 0 Å². The summed E-state index contributed by atoms with van der Waals surface area (Å²) in [5.74, 6) is 0.143. The molecular formula is C21H30N4O5S. The number of urea groups is 2. The Kier molecular flexibility index (Phi) is 7.53. The van der Waals surface area contributed by atoms with Crippen molar-refractivity contribution in [1.82, 2.24) is 20.3 Å². The quantitative estimate of drug-likeness (QED) is 0.612. The number of sulfonamides is 1. The number of piperidine rings is 1. The van der Waals surface area contributed by atoms with E-state index in [1.54, 1.807) is 12.1 Å². The van der Waals surface area contributed by atoms with Crippen LogP contribution in [0.3, 0.4) is 0 Å². The van der Waals surface area contributed by atoms with E-state index in [0.29, 0.717) is 31.8 Å². The Bertz CT molecular complexity index is 910. The Balaban J connectivity index is 1.46. The minimum atomic E-state index is -3.95. The van der Waals surface area contributed by atoms with Gasteiger partial charge in [-0.25, -0.2) is 22.7 Å². The van der Waals surface area contributed by atoms with E-state index in [4.69, 9.17) is 0 Å². The van der Waals surface area contributed by atoms with Crippen LogP contribution in [0.5, 0.6) is 0 Å². The largest absolute Gasteiger partial charge is 0.337 e. The minimum absolute atomic E-state index is 0.00473. The van der Waals surface area contributed by atoms with E-state index in [1.165, 1.54) is 17.0 Å². The van der Waals surface area contributed by atoms with Crippen LogP contribution in [-0.4, -0.2) is 50.4 Å². The number of nitrogens with one attached hydrogen (secondary N) is 3. The van der Waals surface area contributed by atoms with E-state index < -0.39 is 22.1 Å². The lowest BCUT2D eigenvalue weighted by Gasteiger charge is -2.28. The van der Waals surface area contributed by atoms with E-state index in [1.807, 2.05) is 11.6 Å². The molecule has 9 nitrogen and oxygen atoms in total. The third-order valence-corrected chi connectivity index (χ3v) is 7.10. The molecule has 0 aromatic heterocycles. The fraction of sp³-hybridized carbons (Fsp3) is 0.571. The molecular weight excluding hydrogens is 420 g/mol. The van der Waals surface area contributed by atoms with Crippen molar-refractivity contribution in [3.05, 3.63) is 29.8 Å². The molecule has 2 aliphatic rings. The van der Waals surface area contributed by atoms with Gasteiger partial charge in [-0.05, 0) is 49.3 Å². The molecule has 3 N–H and O–H groups in total. The zero-order valence-electron chi connectivity index (χ0n) is 17.7. The van der Waals surface area contributed by atoms with E-state index in [0.717, 1.165) is 37.7 Å². The van der Waals surface area contributed by atoms with Crippen LogP contribution in [-0.2, 0) is 21.2 Å². The van der Waals surface area contributed by atoms with Gasteiger partial charge >= 0.3 is 12.1 Å². The summed E-state index contributed by atoms with van der Waals surface area (Å²) in [6, 6.07) is 5.06. The number of imide groups is 1. The van der Waals surface area contributed by atoms with Crippen LogP contribution >= 0.6 is 0 Å². The molecule has 2 fully saturated rings. The van der Waals surface area contributed by atoms with Gasteiger partial charge in [-0.3, -0.25) is 9.69 Å². The normalized spacial score (nSPS) is 19.8. The van der Waals surface area contributed by atoms with Crippen molar-refractivity contribution in [2.24, 2.45) is 5.92 Å². The van der Waals surface area contributed by atoms with Crippen LogP contribution in [0.15, 0.2) is 29.2 Å². The third kappa shape index (κ3) is 6.43. The summed E-state index contributed by atoms with van der Waals surface area (Å²) in [6.45, 7) is 2.75. The highest BCUT2D eigenvalue weighted by Crippen LogP contribution is 2.18. The number of rotatable bonds is 6. The van der Waals surface area contributed by atoms with Gasteiger partial charge in [-0.15, -0.1) is 0 Å². The lowest BCUT2D eigenvalue weighted by atomic mass is 9.99. The molecule has 1 heterocycles. The smallest absolute Gasteiger partial charge is 0.328 e. The van der Waals surface area contributed by atoms with Crippen LogP contribution < -0.4 is 15.4 Å². The van der Waals surface area contributed by atoms with Crippen molar-refractivity contribution >= 4 is 28.0 Å². The molecule has 0 spiro atoms. The van der Waals surface area contributed by atoms with Crippen LogP contribution in [0.4, 0.5) is 9.59 Å². The second-order valence-electron chi connectivity index (χ2n) is 8.33. The first-order chi connectivity index (χ1) is 14.7. The fourth-order valence-corrected chi connectivity index (χ4v) is 4.83. The Labute approximate surface area is 183 Å². The fourth-order valence-electron chi connectivity index (χ4n) is 3.91. The highest BCUT2D eigenvalue weighted by molar-refractivity contribution is 7.90. The Morgan fingerprint density at radius 1 is 1.10 bits per heavy atom.